The molecule has 0 bridgehead atoms. The van der Waals surface area contributed by atoms with Crippen molar-refractivity contribution >= 4 is 15.9 Å². The van der Waals surface area contributed by atoms with Gasteiger partial charge >= 0.3 is 0 Å². The first-order chi connectivity index (χ1) is 5.88. The van der Waals surface area contributed by atoms with Crippen LogP contribution in [0.4, 0.5) is 0 Å². The summed E-state index contributed by atoms with van der Waals surface area (Å²) in [7, 11) is 0. The summed E-state index contributed by atoms with van der Waals surface area (Å²) in [6.07, 6.45) is 6.37. The fourth-order valence-electron chi connectivity index (χ4n) is 1.68. The van der Waals surface area contributed by atoms with E-state index in [1.54, 1.807) is 0 Å². The highest BCUT2D eigenvalue weighted by Crippen LogP contribution is 2.31. The largest absolute Gasteiger partial charge is 0.381 e. The summed E-state index contributed by atoms with van der Waals surface area (Å²) in [5, 5.41) is 0. The van der Waals surface area contributed by atoms with Crippen molar-refractivity contribution < 1.29 is 4.74 Å². The molecule has 0 atom stereocenters. The molecule has 1 aromatic heterocycles. The van der Waals surface area contributed by atoms with Crippen LogP contribution in [0, 0.1) is 0 Å². The quantitative estimate of drug-likeness (QED) is 0.788. The lowest BCUT2D eigenvalue weighted by Gasteiger charge is -2.21. The normalized spacial score (nSPS) is 19.8. The topological polar surface area (TPSA) is 25.0 Å². The van der Waals surface area contributed by atoms with E-state index in [0.29, 0.717) is 5.92 Å². The van der Waals surface area contributed by atoms with Gasteiger partial charge in [0.1, 0.15) is 0 Å². The molecule has 1 aliphatic heterocycles. The number of halogens is 1. The van der Waals surface area contributed by atoms with Crippen LogP contribution in [0.15, 0.2) is 16.9 Å². The van der Waals surface area contributed by atoms with E-state index in [-0.39, 0.29) is 0 Å². The Balaban J connectivity index is 2.13. The number of H-pyrrole nitrogens is 1. The van der Waals surface area contributed by atoms with Gasteiger partial charge in [-0.2, -0.15) is 0 Å². The van der Waals surface area contributed by atoms with Crippen molar-refractivity contribution in [2.24, 2.45) is 0 Å². The summed E-state index contributed by atoms with van der Waals surface area (Å²) < 4.78 is 6.52. The van der Waals surface area contributed by atoms with Crippen LogP contribution in [-0.4, -0.2) is 18.2 Å². The number of hydrogen-bond acceptors (Lipinski definition) is 1. The molecule has 1 aromatic rings. The fraction of sp³-hybridized carbons (Fsp3) is 0.556. The standard InChI is InChI=1S/C9H12BrNO/c10-9-6-11-5-8(9)7-1-3-12-4-2-7/h5-7,11H,1-4H2. The van der Waals surface area contributed by atoms with Gasteiger partial charge in [-0.15, -0.1) is 0 Å². The zero-order chi connectivity index (χ0) is 8.39. The van der Waals surface area contributed by atoms with Gasteiger partial charge in [-0.05, 0) is 40.3 Å². The van der Waals surface area contributed by atoms with Crippen LogP contribution in [0.3, 0.4) is 0 Å². The molecule has 1 N–H and O–H groups in total. The van der Waals surface area contributed by atoms with Crippen molar-refractivity contribution in [2.75, 3.05) is 13.2 Å². The SMILES string of the molecule is Brc1c[nH]cc1C1CCOCC1. The number of aromatic amines is 1. The summed E-state index contributed by atoms with van der Waals surface area (Å²) in [4.78, 5) is 3.11. The van der Waals surface area contributed by atoms with Gasteiger partial charge in [-0.3, -0.25) is 0 Å². The van der Waals surface area contributed by atoms with Crippen LogP contribution < -0.4 is 0 Å². The van der Waals surface area contributed by atoms with Crippen LogP contribution in [0.25, 0.3) is 0 Å². The molecule has 0 spiro atoms. The third-order valence-corrected chi connectivity index (χ3v) is 3.07. The molecule has 1 fully saturated rings. The average molecular weight is 230 g/mol. The Bertz CT molecular complexity index is 253. The molecule has 2 nitrogen and oxygen atoms in total. The minimum atomic E-state index is 0.680. The maximum Gasteiger partial charge on any atom is 0.0471 e. The minimum absolute atomic E-state index is 0.680. The second-order valence-electron chi connectivity index (χ2n) is 3.15. The lowest BCUT2D eigenvalue weighted by atomic mass is 9.94. The summed E-state index contributed by atoms with van der Waals surface area (Å²) in [6, 6.07) is 0. The Kier molecular flexibility index (Phi) is 2.51. The molecular formula is C9H12BrNO. The molecule has 0 aromatic carbocycles. The third kappa shape index (κ3) is 1.57. The molecule has 66 valence electrons. The molecule has 0 aliphatic carbocycles. The van der Waals surface area contributed by atoms with Crippen molar-refractivity contribution in [3.63, 3.8) is 0 Å². The predicted octanol–water partition coefficient (Wildman–Crippen LogP) is 2.67. The van der Waals surface area contributed by atoms with Crippen molar-refractivity contribution in [3.8, 4) is 0 Å². The fourth-order valence-corrected chi connectivity index (χ4v) is 2.25. The number of rotatable bonds is 1. The minimum Gasteiger partial charge on any atom is -0.381 e. The zero-order valence-electron chi connectivity index (χ0n) is 6.85. The summed E-state index contributed by atoms with van der Waals surface area (Å²) in [5.74, 6) is 0.680. The van der Waals surface area contributed by atoms with E-state index in [1.807, 2.05) is 6.20 Å². The third-order valence-electron chi connectivity index (χ3n) is 2.39. The Labute approximate surface area is 80.4 Å². The van der Waals surface area contributed by atoms with E-state index < -0.39 is 0 Å². The van der Waals surface area contributed by atoms with Crippen LogP contribution in [0.5, 0.6) is 0 Å². The molecule has 0 saturated carbocycles. The van der Waals surface area contributed by atoms with Crippen molar-refractivity contribution in [1.82, 2.24) is 4.98 Å². The van der Waals surface area contributed by atoms with Crippen molar-refractivity contribution in [1.29, 1.82) is 0 Å². The van der Waals surface area contributed by atoms with Gasteiger partial charge < -0.3 is 9.72 Å². The first-order valence-corrected chi connectivity index (χ1v) is 5.07. The second kappa shape index (κ2) is 3.62. The van der Waals surface area contributed by atoms with Crippen LogP contribution in [-0.2, 0) is 4.74 Å². The summed E-state index contributed by atoms with van der Waals surface area (Å²) in [5.41, 5.74) is 1.40. The smallest absolute Gasteiger partial charge is 0.0471 e. The Morgan fingerprint density at radius 3 is 2.67 bits per heavy atom. The van der Waals surface area contributed by atoms with Crippen LogP contribution in [0.2, 0.25) is 0 Å². The van der Waals surface area contributed by atoms with Gasteiger partial charge in [0.2, 0.25) is 0 Å². The molecular weight excluding hydrogens is 218 g/mol. The lowest BCUT2D eigenvalue weighted by molar-refractivity contribution is 0.0852. The Morgan fingerprint density at radius 1 is 1.33 bits per heavy atom. The highest BCUT2D eigenvalue weighted by atomic mass is 79.9. The van der Waals surface area contributed by atoms with Crippen LogP contribution >= 0.6 is 15.9 Å². The van der Waals surface area contributed by atoms with Crippen LogP contribution in [0.1, 0.15) is 24.3 Å². The van der Waals surface area contributed by atoms with Crippen molar-refractivity contribution in [2.45, 2.75) is 18.8 Å². The number of hydrogen-bond donors (Lipinski definition) is 1. The van der Waals surface area contributed by atoms with Gasteiger partial charge in [0.25, 0.3) is 0 Å². The molecule has 2 rings (SSSR count). The molecule has 0 radical (unpaired) electrons. The maximum atomic E-state index is 5.31. The summed E-state index contributed by atoms with van der Waals surface area (Å²) >= 11 is 3.53. The molecule has 0 unspecified atom stereocenters. The number of nitrogens with one attached hydrogen (secondary N) is 1. The molecule has 3 heteroatoms. The first kappa shape index (κ1) is 8.32. The van der Waals surface area contributed by atoms with Gasteiger partial charge in [0, 0.05) is 30.1 Å². The molecule has 0 amide bonds. The van der Waals surface area contributed by atoms with E-state index >= 15 is 0 Å². The van der Waals surface area contributed by atoms with Gasteiger partial charge in [-0.25, -0.2) is 0 Å². The second-order valence-corrected chi connectivity index (χ2v) is 4.00. The highest BCUT2D eigenvalue weighted by Gasteiger charge is 2.18. The van der Waals surface area contributed by atoms with Gasteiger partial charge in [0.05, 0.1) is 0 Å². The number of ether oxygens (including phenoxy) is 1. The Morgan fingerprint density at radius 2 is 2.08 bits per heavy atom. The first-order valence-electron chi connectivity index (χ1n) is 4.28. The highest BCUT2D eigenvalue weighted by molar-refractivity contribution is 9.10. The van der Waals surface area contributed by atoms with Gasteiger partial charge in [0.15, 0.2) is 0 Å². The molecule has 1 aliphatic rings. The van der Waals surface area contributed by atoms with E-state index in [4.69, 9.17) is 4.74 Å². The molecule has 2 heterocycles. The van der Waals surface area contributed by atoms with E-state index in [2.05, 4.69) is 27.1 Å². The van der Waals surface area contributed by atoms with E-state index in [0.717, 1.165) is 26.1 Å². The monoisotopic (exact) mass is 229 g/mol. The molecule has 1 saturated heterocycles. The van der Waals surface area contributed by atoms with E-state index in [9.17, 15) is 0 Å². The maximum absolute atomic E-state index is 5.31. The summed E-state index contributed by atoms with van der Waals surface area (Å²) in [6.45, 7) is 1.81. The van der Waals surface area contributed by atoms with E-state index in [1.165, 1.54) is 10.0 Å². The molecule has 12 heavy (non-hydrogen) atoms. The zero-order valence-corrected chi connectivity index (χ0v) is 8.43. The van der Waals surface area contributed by atoms with Crippen molar-refractivity contribution in [3.05, 3.63) is 22.4 Å². The Hall–Kier alpha value is -0.280. The average Bonchev–Trinajstić information content (AvgIpc) is 2.53. The predicted molar refractivity (Wildman–Crippen MR) is 51.3 cm³/mol. The number of aromatic nitrogens is 1. The van der Waals surface area contributed by atoms with Gasteiger partial charge in [-0.1, -0.05) is 0 Å². The lowest BCUT2D eigenvalue weighted by Crippen LogP contribution is -2.13.